The van der Waals surface area contributed by atoms with Gasteiger partial charge in [0.05, 0.1) is 27.0 Å². The third-order valence-corrected chi connectivity index (χ3v) is 7.96. The number of fused-ring (bicyclic) bond motifs is 1. The molecule has 0 radical (unpaired) electrons. The fraction of sp³-hybridized carbons (Fsp3) is 0.180. The maximum absolute atomic E-state index is 11.9. The highest BCUT2D eigenvalue weighted by Gasteiger charge is 2.20. The molecular weight excluding hydrogens is 837 g/mol. The van der Waals surface area contributed by atoms with E-state index in [1.807, 2.05) is 32.9 Å². The van der Waals surface area contributed by atoms with Crippen molar-refractivity contribution in [3.63, 3.8) is 0 Å². The Kier molecular flexibility index (Phi) is 22.0. The predicted molar refractivity (Wildman–Crippen MR) is 269 cm³/mol. The molecule has 66 heavy (non-hydrogen) atoms. The lowest BCUT2D eigenvalue weighted by molar-refractivity contribution is -0.873. The number of nitrogens with zero attached hydrogens (tertiary/aromatic N) is 6. The first kappa shape index (κ1) is 50.0. The zero-order valence-electron chi connectivity index (χ0n) is 35.7. The number of H-pyrrole nitrogens is 1. The van der Waals surface area contributed by atoms with Gasteiger partial charge in [0.25, 0.3) is 0 Å². The molecule has 0 spiro atoms. The van der Waals surface area contributed by atoms with Crippen molar-refractivity contribution in [2.45, 2.75) is 46.6 Å². The predicted octanol–water partition coefficient (Wildman–Crippen LogP) is 7.48. The summed E-state index contributed by atoms with van der Waals surface area (Å²) in [6, 6.07) is 9.97. The summed E-state index contributed by atoms with van der Waals surface area (Å²) in [5.41, 5.74) is 13.4. The van der Waals surface area contributed by atoms with Gasteiger partial charge in [0.1, 0.15) is 5.76 Å². The first-order valence-corrected chi connectivity index (χ1v) is 18.8. The van der Waals surface area contributed by atoms with Crippen molar-refractivity contribution in [2.75, 3.05) is 18.5 Å². The third-order valence-electron chi connectivity index (χ3n) is 7.96. The van der Waals surface area contributed by atoms with Crippen LogP contribution in [0.5, 0.6) is 0 Å². The van der Waals surface area contributed by atoms with Gasteiger partial charge >= 0.3 is 0 Å². The summed E-state index contributed by atoms with van der Waals surface area (Å²) in [5, 5.41) is 31.8. The summed E-state index contributed by atoms with van der Waals surface area (Å²) >= 11 is 0. The Bertz CT molecular complexity index is 3320. The molecular formula is C50H56N10O6. The van der Waals surface area contributed by atoms with Crippen LogP contribution < -0.4 is 16.9 Å². The van der Waals surface area contributed by atoms with E-state index in [9.17, 15) is 10.0 Å². The number of primary amides is 1. The van der Waals surface area contributed by atoms with Gasteiger partial charge in [-0.3, -0.25) is 15.9 Å². The molecule has 0 atom stereocenters. The summed E-state index contributed by atoms with van der Waals surface area (Å²) in [5.74, 6) is 62.3. The minimum atomic E-state index is -0.573. The standard InChI is InChI=1S/C25H27N5O3.C25H4.H3N5O3.11H2/c1-13-4-5-16(24(26)31)10-19(13)20-11-17(22-14(2)30-33-15(22)3)12-21-23(20)29-25(28-21)27-18-6-8-32-9-7-18;1-3-5-7-9-11-13-15-17-19-21-23-25-24-22-20-18-16-14-12-10-8-6-4-2;1-2-3-4-5(6)8-7;;;;;;;;;;;/h4-5,10-12,18H,6-9H2,1-3H3,(H2,26,31)(H2,27,28,29);1H,2H3;7H,(H2,1,3);11*1H. The van der Waals surface area contributed by atoms with E-state index in [0.29, 0.717) is 11.6 Å². The molecule has 1 aliphatic heterocycles. The highest BCUT2D eigenvalue weighted by Crippen LogP contribution is 2.37. The van der Waals surface area contributed by atoms with Gasteiger partial charge in [-0.1, -0.05) is 17.1 Å². The second-order valence-corrected chi connectivity index (χ2v) is 12.3. The lowest BCUT2D eigenvalue weighted by Crippen LogP contribution is -2.28. The van der Waals surface area contributed by atoms with E-state index in [2.05, 4.69) is 190 Å². The second kappa shape index (κ2) is 29.0. The molecule has 1 amide bonds. The van der Waals surface area contributed by atoms with E-state index < -0.39 is 10.9 Å². The number of anilines is 1. The lowest BCUT2D eigenvalue weighted by Gasteiger charge is -2.22. The van der Waals surface area contributed by atoms with Crippen molar-refractivity contribution in [1.82, 2.24) is 15.1 Å². The largest absolute Gasteiger partial charge is 0.381 e. The normalized spacial score (nSPS) is 10.3. The summed E-state index contributed by atoms with van der Waals surface area (Å²) in [6.07, 6.45) is 6.79. The first-order valence-electron chi connectivity index (χ1n) is 18.8. The highest BCUT2D eigenvalue weighted by molar-refractivity contribution is 6.00. The minimum absolute atomic E-state index is 0. The van der Waals surface area contributed by atoms with Crippen LogP contribution in [0.4, 0.5) is 5.95 Å². The summed E-state index contributed by atoms with van der Waals surface area (Å²) in [4.78, 5) is 23.2. The molecule has 16 nitrogen and oxygen atoms in total. The number of aromatic amines is 1. The smallest absolute Gasteiger partial charge is 0.248 e. The van der Waals surface area contributed by atoms with Crippen LogP contribution in [0.15, 0.2) is 50.5 Å². The van der Waals surface area contributed by atoms with Crippen LogP contribution in [0.3, 0.4) is 0 Å². The van der Waals surface area contributed by atoms with Crippen molar-refractivity contribution in [1.29, 1.82) is 0 Å². The average Bonchev–Trinajstić information content (AvgIpc) is 3.89. The van der Waals surface area contributed by atoms with Gasteiger partial charge in [-0.25, -0.2) is 4.98 Å². The van der Waals surface area contributed by atoms with Gasteiger partial charge in [-0.05, 0) is 176 Å². The monoisotopic (exact) mass is 892 g/mol. The number of carbonyl (C=O) groups is 1. The fourth-order valence-electron chi connectivity index (χ4n) is 5.30. The fourth-order valence-corrected chi connectivity index (χ4v) is 5.30. The Morgan fingerprint density at radius 3 is 1.89 bits per heavy atom. The van der Waals surface area contributed by atoms with Crippen LogP contribution in [-0.2, 0) is 9.73 Å². The average molecular weight is 893 g/mol. The Labute approximate surface area is 397 Å². The molecule has 16 heteroatoms. The minimum Gasteiger partial charge on any atom is -0.381 e. The van der Waals surface area contributed by atoms with E-state index in [0.717, 1.165) is 82.3 Å². The number of nitrogens with two attached hydrogens (primary N) is 2. The van der Waals surface area contributed by atoms with Crippen LogP contribution in [0.1, 0.15) is 62.8 Å². The van der Waals surface area contributed by atoms with Crippen molar-refractivity contribution < 1.29 is 45.0 Å². The molecule has 1 fully saturated rings. The summed E-state index contributed by atoms with van der Waals surface area (Å²) < 4.78 is 10.9. The molecule has 0 bridgehead atoms. The van der Waals surface area contributed by atoms with Crippen LogP contribution in [0, 0.1) is 169 Å². The molecule has 1 aliphatic rings. The number of rotatable bonds is 7. The number of hydrogen-bond acceptors (Lipinski definition) is 10. The van der Waals surface area contributed by atoms with E-state index >= 15 is 0 Å². The third kappa shape index (κ3) is 17.7. The number of benzene rings is 2. The van der Waals surface area contributed by atoms with Gasteiger partial charge in [0.15, 0.2) is 0 Å². The molecule has 2 aromatic carbocycles. The van der Waals surface area contributed by atoms with Gasteiger partial charge in [0, 0.05) is 87.2 Å². The molecule has 4 aromatic rings. The number of ether oxygens (including phenoxy) is 1. The first-order chi connectivity index (χ1) is 32.1. The number of carbonyl (C=O) groups excluding carboxylic acids is 1. The molecule has 3 heterocycles. The number of amides is 1. The highest BCUT2D eigenvalue weighted by atomic mass is 17.2. The zero-order chi connectivity index (χ0) is 47.8. The van der Waals surface area contributed by atoms with E-state index in [1.54, 1.807) is 13.0 Å². The topological polar surface area (TPSA) is 238 Å². The molecule has 0 saturated carbocycles. The second-order valence-electron chi connectivity index (χ2n) is 12.3. The van der Waals surface area contributed by atoms with Gasteiger partial charge < -0.3 is 35.5 Å². The van der Waals surface area contributed by atoms with Crippen LogP contribution in [0.25, 0.3) is 33.3 Å². The van der Waals surface area contributed by atoms with Gasteiger partial charge in [-0.15, -0.1) is 6.42 Å². The Balaban J connectivity index is -0.000000136. The van der Waals surface area contributed by atoms with E-state index in [1.165, 1.54) is 0 Å². The Hall–Kier alpha value is -10.4. The Morgan fingerprint density at radius 2 is 1.42 bits per heavy atom. The van der Waals surface area contributed by atoms with Crippen molar-refractivity contribution >= 4 is 22.9 Å². The SMILES string of the molecule is C#CC#CC#CC#CC#CC#CC#CC#CC#CC#CC#CC#CC.Cc1ccc(C(N)=O)cc1-c1cc(-c2c(C)noc2C)cc2[nH]c(NC3CCOCC3)nc12.NN=NN=[N+]([O-])OO.[HH].[HH].[HH].[HH].[HH].[HH].[HH].[HH].[HH].[HH].[HH]. The number of nitrogens with one attached hydrogen (secondary N) is 2. The maximum Gasteiger partial charge on any atom is 0.248 e. The van der Waals surface area contributed by atoms with Crippen molar-refractivity contribution in [3.05, 3.63) is 58.1 Å². The lowest BCUT2D eigenvalue weighted by atomic mass is 9.93. The van der Waals surface area contributed by atoms with E-state index in [4.69, 9.17) is 31.7 Å². The summed E-state index contributed by atoms with van der Waals surface area (Å²) in [7, 11) is 0. The number of aryl methyl sites for hydroxylation is 3. The Morgan fingerprint density at radius 1 is 0.879 bits per heavy atom. The molecule has 342 valence electrons. The molecule has 5 rings (SSSR count). The summed E-state index contributed by atoms with van der Waals surface area (Å²) in [6.45, 7) is 9.04. The maximum atomic E-state index is 11.9. The number of imidazole rings is 1. The van der Waals surface area contributed by atoms with Crippen LogP contribution >= 0.6 is 0 Å². The zero-order valence-corrected chi connectivity index (χ0v) is 35.7. The molecule has 0 aliphatic carbocycles. The molecule has 0 unspecified atom stereocenters. The van der Waals surface area contributed by atoms with E-state index in [-0.39, 0.29) is 15.7 Å². The molecule has 1 saturated heterocycles. The molecule has 7 N–H and O–H groups in total. The van der Waals surface area contributed by atoms with Gasteiger partial charge in [-0.2, -0.15) is 0 Å². The number of hydrogen-bond donors (Lipinski definition) is 5. The number of terminal acetylenes is 1. The number of aromatic nitrogens is 3. The van der Waals surface area contributed by atoms with Crippen LogP contribution in [0.2, 0.25) is 0 Å². The van der Waals surface area contributed by atoms with Gasteiger partial charge in [0.2, 0.25) is 22.3 Å². The van der Waals surface area contributed by atoms with Crippen molar-refractivity contribution in [3.8, 4) is 165 Å². The quantitative estimate of drug-likeness (QED) is 0.0403. The molecule has 2 aromatic heterocycles. The van der Waals surface area contributed by atoms with Crippen LogP contribution in [-0.4, -0.2) is 50.6 Å². The van der Waals surface area contributed by atoms with Crippen molar-refractivity contribution in [2.24, 2.45) is 27.2 Å².